The van der Waals surface area contributed by atoms with Crippen molar-refractivity contribution in [2.45, 2.75) is 13.5 Å². The molecule has 0 fully saturated rings. The van der Waals surface area contributed by atoms with E-state index in [9.17, 15) is 15.3 Å². The monoisotopic (exact) mass is 198 g/mol. The molecule has 1 rings (SSSR count). The zero-order valence-electron chi connectivity index (χ0n) is 7.88. The van der Waals surface area contributed by atoms with E-state index in [1.54, 1.807) is 6.92 Å². The van der Waals surface area contributed by atoms with Gasteiger partial charge in [0.1, 0.15) is 7.05 Å². The summed E-state index contributed by atoms with van der Waals surface area (Å²) in [5, 5.41) is 21.2. The molecule has 0 N–H and O–H groups in total. The Hall–Kier alpha value is -1.92. The summed E-state index contributed by atoms with van der Waals surface area (Å²) in [5.41, 5.74) is 0.428. The van der Waals surface area contributed by atoms with Crippen LogP contribution in [0.5, 0.6) is 0 Å². The number of aromatic nitrogens is 2. The Bertz CT molecular complexity index is 378. The van der Waals surface area contributed by atoms with Gasteiger partial charge >= 0.3 is 5.95 Å². The van der Waals surface area contributed by atoms with Crippen LogP contribution < -0.4 is 0 Å². The summed E-state index contributed by atoms with van der Waals surface area (Å²) in [6, 6.07) is 0. The van der Waals surface area contributed by atoms with Crippen LogP contribution in [0.2, 0.25) is 0 Å². The Morgan fingerprint density at radius 3 is 2.71 bits per heavy atom. The first kappa shape index (κ1) is 10.2. The van der Waals surface area contributed by atoms with E-state index in [-0.39, 0.29) is 5.95 Å². The van der Waals surface area contributed by atoms with E-state index in [1.807, 2.05) is 0 Å². The van der Waals surface area contributed by atoms with Crippen molar-refractivity contribution >= 4 is 12.2 Å². The highest BCUT2D eigenvalue weighted by molar-refractivity contribution is 5.73. The topological polar surface area (TPSA) is 87.0 Å². The van der Waals surface area contributed by atoms with Gasteiger partial charge in [0.25, 0.3) is 0 Å². The van der Waals surface area contributed by atoms with Gasteiger partial charge in [-0.2, -0.15) is 0 Å². The van der Waals surface area contributed by atoms with Gasteiger partial charge in [-0.05, 0) is 11.8 Å². The van der Waals surface area contributed by atoms with E-state index < -0.39 is 4.92 Å². The maximum atomic E-state index is 10.7. The molecular formula is C7H10N4O3. The molecule has 0 bridgehead atoms. The summed E-state index contributed by atoms with van der Waals surface area (Å²) in [5.74, 6) is -0.249. The van der Waals surface area contributed by atoms with Gasteiger partial charge in [-0.3, -0.25) is 0 Å². The van der Waals surface area contributed by atoms with Gasteiger partial charge < -0.3 is 15.3 Å². The van der Waals surface area contributed by atoms with Crippen LogP contribution in [-0.4, -0.2) is 32.5 Å². The fourth-order valence-electron chi connectivity index (χ4n) is 1.14. The second-order valence-corrected chi connectivity index (χ2v) is 2.66. The molecule has 0 saturated carbocycles. The Morgan fingerprint density at radius 2 is 2.29 bits per heavy atom. The second-order valence-electron chi connectivity index (χ2n) is 2.66. The van der Waals surface area contributed by atoms with Crippen LogP contribution in [0.15, 0.2) is 6.20 Å². The van der Waals surface area contributed by atoms with Crippen LogP contribution in [0.25, 0.3) is 0 Å². The highest BCUT2D eigenvalue weighted by atomic mass is 16.6. The van der Waals surface area contributed by atoms with Crippen molar-refractivity contribution < 1.29 is 9.66 Å². The molecule has 0 amide bonds. The first-order valence-corrected chi connectivity index (χ1v) is 4.01. The number of rotatable bonds is 3. The van der Waals surface area contributed by atoms with Crippen molar-refractivity contribution in [1.29, 1.82) is 0 Å². The van der Waals surface area contributed by atoms with Gasteiger partial charge in [-0.15, -0.1) is 0 Å². The fraction of sp³-hybridized carbons (Fsp3) is 0.429. The summed E-state index contributed by atoms with van der Waals surface area (Å²) in [7, 11) is 1.30. The van der Waals surface area contributed by atoms with Gasteiger partial charge in [-0.25, -0.2) is 9.31 Å². The van der Waals surface area contributed by atoms with E-state index >= 15 is 0 Å². The molecule has 0 atom stereocenters. The predicted octanol–water partition coefficient (Wildman–Crippen LogP) is 0.370. The van der Waals surface area contributed by atoms with E-state index in [0.717, 1.165) is 0 Å². The highest BCUT2D eigenvalue weighted by Crippen LogP contribution is 2.10. The molecule has 0 aliphatic rings. The maximum absolute atomic E-state index is 10.7. The Labute approximate surface area is 80.0 Å². The summed E-state index contributed by atoms with van der Waals surface area (Å²) >= 11 is 0. The lowest BCUT2D eigenvalue weighted by Gasteiger charge is -1.98. The largest absolute Gasteiger partial charge is 0.624 e. The molecule has 7 heteroatoms. The summed E-state index contributed by atoms with van der Waals surface area (Å²) in [4.78, 5) is 13.5. The van der Waals surface area contributed by atoms with Crippen molar-refractivity contribution in [3.8, 4) is 0 Å². The SMILES string of the molecule is CCn1c(C=[N+](C)[O-])cnc1[N+](=O)[O-]. The lowest BCUT2D eigenvalue weighted by atomic mass is 10.5. The third-order valence-corrected chi connectivity index (χ3v) is 1.66. The third-order valence-electron chi connectivity index (χ3n) is 1.66. The molecule has 0 aliphatic carbocycles. The molecular weight excluding hydrogens is 188 g/mol. The van der Waals surface area contributed by atoms with Crippen LogP contribution in [0, 0.1) is 15.3 Å². The lowest BCUT2D eigenvalue weighted by Crippen LogP contribution is -2.08. The molecule has 0 spiro atoms. The smallest absolute Gasteiger partial charge is 0.435 e. The quantitative estimate of drug-likeness (QED) is 0.231. The van der Waals surface area contributed by atoms with Crippen LogP contribution in [0.4, 0.5) is 5.95 Å². The highest BCUT2D eigenvalue weighted by Gasteiger charge is 2.19. The van der Waals surface area contributed by atoms with Gasteiger partial charge in [0.2, 0.25) is 11.9 Å². The minimum Gasteiger partial charge on any atom is -0.624 e. The maximum Gasteiger partial charge on any atom is 0.435 e. The Balaban J connectivity index is 3.20. The summed E-state index contributed by atoms with van der Waals surface area (Å²) < 4.78 is 1.93. The molecule has 0 radical (unpaired) electrons. The zero-order chi connectivity index (χ0) is 10.7. The number of nitro groups is 1. The molecule has 0 saturated heterocycles. The first-order chi connectivity index (χ1) is 6.56. The minimum atomic E-state index is -0.578. The van der Waals surface area contributed by atoms with Crippen LogP contribution in [-0.2, 0) is 6.54 Å². The molecule has 1 heterocycles. The number of imidazole rings is 1. The number of hydroxylamine groups is 1. The van der Waals surface area contributed by atoms with Crippen LogP contribution >= 0.6 is 0 Å². The van der Waals surface area contributed by atoms with Gasteiger partial charge in [0.05, 0.1) is 6.54 Å². The molecule has 0 aliphatic heterocycles. The molecule has 0 unspecified atom stereocenters. The third kappa shape index (κ3) is 1.87. The molecule has 14 heavy (non-hydrogen) atoms. The fourth-order valence-corrected chi connectivity index (χ4v) is 1.14. The van der Waals surface area contributed by atoms with Crippen molar-refractivity contribution in [3.05, 3.63) is 27.2 Å². The number of nitrogens with zero attached hydrogens (tertiary/aromatic N) is 4. The zero-order valence-corrected chi connectivity index (χ0v) is 7.88. The summed E-state index contributed by atoms with van der Waals surface area (Å²) in [6.07, 6.45) is 2.54. The molecule has 1 aromatic rings. The Kier molecular flexibility index (Phi) is 2.80. The van der Waals surface area contributed by atoms with E-state index in [1.165, 1.54) is 24.0 Å². The average molecular weight is 198 g/mol. The van der Waals surface area contributed by atoms with Gasteiger partial charge in [0, 0.05) is 0 Å². The number of hydrogen-bond acceptors (Lipinski definition) is 4. The van der Waals surface area contributed by atoms with Crippen LogP contribution in [0.3, 0.4) is 0 Å². The van der Waals surface area contributed by atoms with Gasteiger partial charge in [-0.1, -0.05) is 4.98 Å². The van der Waals surface area contributed by atoms with Crippen LogP contribution in [0.1, 0.15) is 12.6 Å². The van der Waals surface area contributed by atoms with E-state index in [0.29, 0.717) is 17.0 Å². The normalized spacial score (nSPS) is 11.7. The molecule has 1 aromatic heterocycles. The van der Waals surface area contributed by atoms with Crippen molar-refractivity contribution in [1.82, 2.24) is 9.55 Å². The summed E-state index contributed by atoms with van der Waals surface area (Å²) in [6.45, 7) is 2.15. The van der Waals surface area contributed by atoms with E-state index in [2.05, 4.69) is 4.98 Å². The minimum absolute atomic E-state index is 0.249. The lowest BCUT2D eigenvalue weighted by molar-refractivity contribution is -0.417. The number of hydrogen-bond donors (Lipinski definition) is 0. The molecule has 76 valence electrons. The Morgan fingerprint density at radius 1 is 1.64 bits per heavy atom. The van der Waals surface area contributed by atoms with E-state index in [4.69, 9.17) is 0 Å². The van der Waals surface area contributed by atoms with Crippen molar-refractivity contribution in [2.75, 3.05) is 7.05 Å². The average Bonchev–Trinajstić information content (AvgIpc) is 2.46. The van der Waals surface area contributed by atoms with Crippen molar-refractivity contribution in [3.63, 3.8) is 0 Å². The predicted molar refractivity (Wildman–Crippen MR) is 49.3 cm³/mol. The first-order valence-electron chi connectivity index (χ1n) is 4.01. The molecule has 7 nitrogen and oxygen atoms in total. The van der Waals surface area contributed by atoms with Gasteiger partial charge in [0.15, 0.2) is 6.20 Å². The van der Waals surface area contributed by atoms with Crippen molar-refractivity contribution in [2.24, 2.45) is 0 Å². The second kappa shape index (κ2) is 3.86. The molecule has 0 aromatic carbocycles. The standard InChI is InChI=1S/C7H10N4O3/c1-3-10-6(5-9(2)12)4-8-7(10)11(13)14/h4-5H,3H2,1-2H3.